The summed E-state index contributed by atoms with van der Waals surface area (Å²) in [6, 6.07) is 15.1. The van der Waals surface area contributed by atoms with Crippen LogP contribution in [0.2, 0.25) is 0 Å². The lowest BCUT2D eigenvalue weighted by Crippen LogP contribution is -2.16. The molecule has 3 aromatic rings. The van der Waals surface area contributed by atoms with E-state index in [1.807, 2.05) is 34.3 Å². The second kappa shape index (κ2) is 6.48. The maximum atomic E-state index is 12.3. The number of halogens is 3. The summed E-state index contributed by atoms with van der Waals surface area (Å²) in [5, 5.41) is 0. The van der Waals surface area contributed by atoms with Gasteiger partial charge in [-0.1, -0.05) is 18.2 Å². The summed E-state index contributed by atoms with van der Waals surface area (Å²) in [5.41, 5.74) is 1.56. The molecular formula is C16H12F3N3OS. The van der Waals surface area contributed by atoms with E-state index >= 15 is 0 Å². The minimum atomic E-state index is -4.71. The summed E-state index contributed by atoms with van der Waals surface area (Å²) in [6.07, 6.45) is -4.71. The van der Waals surface area contributed by atoms with Crippen LogP contribution in [0.3, 0.4) is 0 Å². The second-order valence-electron chi connectivity index (χ2n) is 4.73. The van der Waals surface area contributed by atoms with E-state index in [1.165, 1.54) is 35.8 Å². The van der Waals surface area contributed by atoms with Crippen LogP contribution in [0, 0.1) is 0 Å². The van der Waals surface area contributed by atoms with Gasteiger partial charge in [0.2, 0.25) is 4.80 Å². The predicted octanol–water partition coefficient (Wildman–Crippen LogP) is 4.03. The number of rotatable bonds is 3. The van der Waals surface area contributed by atoms with E-state index in [0.29, 0.717) is 16.2 Å². The Morgan fingerprint density at radius 1 is 1.04 bits per heavy atom. The molecule has 0 N–H and O–H groups in total. The average Bonchev–Trinajstić information content (AvgIpc) is 2.99. The first-order chi connectivity index (χ1) is 11.5. The Kier molecular flexibility index (Phi) is 4.39. The van der Waals surface area contributed by atoms with Crippen LogP contribution in [0.25, 0.3) is 17.1 Å². The van der Waals surface area contributed by atoms with Crippen LogP contribution in [0.1, 0.15) is 0 Å². The van der Waals surface area contributed by atoms with E-state index in [1.54, 1.807) is 7.05 Å². The molecule has 0 aliphatic heterocycles. The maximum Gasteiger partial charge on any atom is 0.573 e. The topological polar surface area (TPSA) is 39.4 Å². The van der Waals surface area contributed by atoms with E-state index in [0.717, 1.165) is 5.69 Å². The first-order valence-electron chi connectivity index (χ1n) is 6.91. The summed E-state index contributed by atoms with van der Waals surface area (Å²) in [5.74, 6) is 0.332. The van der Waals surface area contributed by atoms with Crippen molar-refractivity contribution >= 4 is 11.5 Å². The number of hydrogen-bond acceptors (Lipinski definition) is 4. The largest absolute Gasteiger partial charge is 0.573 e. The van der Waals surface area contributed by atoms with Crippen molar-refractivity contribution in [3.05, 3.63) is 59.4 Å². The normalized spacial score (nSPS) is 12.4. The monoisotopic (exact) mass is 351 g/mol. The van der Waals surface area contributed by atoms with Gasteiger partial charge in [-0.2, -0.15) is 4.98 Å². The lowest BCUT2D eigenvalue weighted by Gasteiger charge is -2.10. The first-order valence-corrected chi connectivity index (χ1v) is 7.68. The first kappa shape index (κ1) is 16.3. The molecule has 0 saturated heterocycles. The quantitative estimate of drug-likeness (QED) is 0.715. The summed E-state index contributed by atoms with van der Waals surface area (Å²) >= 11 is 1.35. The van der Waals surface area contributed by atoms with Crippen molar-refractivity contribution in [3.8, 4) is 22.8 Å². The Hall–Kier alpha value is -2.61. The minimum absolute atomic E-state index is 0.270. The van der Waals surface area contributed by atoms with Gasteiger partial charge in [-0.3, -0.25) is 4.99 Å². The summed E-state index contributed by atoms with van der Waals surface area (Å²) in [4.78, 5) is 9.09. The molecule has 0 fully saturated rings. The van der Waals surface area contributed by atoms with Gasteiger partial charge in [0.25, 0.3) is 0 Å². The molecule has 0 atom stereocenters. The Bertz CT molecular complexity index is 883. The number of para-hydroxylation sites is 1. The van der Waals surface area contributed by atoms with Gasteiger partial charge in [-0.15, -0.1) is 13.2 Å². The van der Waals surface area contributed by atoms with Crippen LogP contribution in [-0.2, 0) is 0 Å². The molecule has 0 saturated carbocycles. The van der Waals surface area contributed by atoms with Crippen LogP contribution < -0.4 is 9.54 Å². The van der Waals surface area contributed by atoms with E-state index in [2.05, 4.69) is 14.7 Å². The molecule has 1 heterocycles. The summed E-state index contributed by atoms with van der Waals surface area (Å²) in [6.45, 7) is 0. The molecule has 24 heavy (non-hydrogen) atoms. The number of aromatic nitrogens is 2. The third-order valence-electron chi connectivity index (χ3n) is 3.09. The van der Waals surface area contributed by atoms with Gasteiger partial charge < -0.3 is 4.74 Å². The highest BCUT2D eigenvalue weighted by Gasteiger charge is 2.31. The Morgan fingerprint density at radius 2 is 1.71 bits per heavy atom. The molecule has 8 heteroatoms. The Morgan fingerprint density at radius 3 is 2.29 bits per heavy atom. The number of benzene rings is 2. The van der Waals surface area contributed by atoms with Crippen molar-refractivity contribution in [2.24, 2.45) is 4.99 Å². The lowest BCUT2D eigenvalue weighted by molar-refractivity contribution is -0.274. The molecule has 124 valence electrons. The number of nitrogens with zero attached hydrogens (tertiary/aromatic N) is 3. The summed E-state index contributed by atoms with van der Waals surface area (Å²) in [7, 11) is 1.64. The van der Waals surface area contributed by atoms with Gasteiger partial charge in [-0.25, -0.2) is 3.96 Å². The molecule has 0 aliphatic carbocycles. The molecule has 0 aliphatic rings. The standard InChI is InChI=1S/C16H12F3N3OS/c1-20-15-21-14(22(24-15)12-5-3-2-4-6-12)11-7-9-13(10-8-11)23-16(17,18)19/h2-10H,1H3. The van der Waals surface area contributed by atoms with E-state index in [9.17, 15) is 13.2 Å². The SMILES string of the molecule is CN=c1nc(-c2ccc(OC(F)(F)F)cc2)n(-c2ccccc2)s1. The third kappa shape index (κ3) is 3.65. The van der Waals surface area contributed by atoms with Crippen molar-refractivity contribution in [2.45, 2.75) is 6.36 Å². The highest BCUT2D eigenvalue weighted by molar-refractivity contribution is 7.04. The van der Waals surface area contributed by atoms with Crippen LogP contribution in [0.5, 0.6) is 5.75 Å². The molecule has 0 unspecified atom stereocenters. The highest BCUT2D eigenvalue weighted by Crippen LogP contribution is 2.27. The van der Waals surface area contributed by atoms with Crippen molar-refractivity contribution in [1.82, 2.24) is 8.94 Å². The summed E-state index contributed by atoms with van der Waals surface area (Å²) < 4.78 is 42.5. The van der Waals surface area contributed by atoms with Gasteiger partial charge >= 0.3 is 6.36 Å². The van der Waals surface area contributed by atoms with E-state index in [-0.39, 0.29) is 5.75 Å². The number of ether oxygens (including phenoxy) is 1. The van der Waals surface area contributed by atoms with Gasteiger partial charge in [0, 0.05) is 12.6 Å². The van der Waals surface area contributed by atoms with Crippen molar-refractivity contribution in [2.75, 3.05) is 7.05 Å². The molecular weight excluding hydrogens is 339 g/mol. The number of hydrogen-bond donors (Lipinski definition) is 0. The third-order valence-corrected chi connectivity index (χ3v) is 4.10. The molecule has 4 nitrogen and oxygen atoms in total. The van der Waals surface area contributed by atoms with Gasteiger partial charge in [0.05, 0.1) is 5.69 Å². The fraction of sp³-hybridized carbons (Fsp3) is 0.125. The highest BCUT2D eigenvalue weighted by atomic mass is 32.1. The molecule has 0 radical (unpaired) electrons. The molecule has 0 spiro atoms. The average molecular weight is 351 g/mol. The number of alkyl halides is 3. The molecule has 0 amide bonds. The van der Waals surface area contributed by atoms with Crippen molar-refractivity contribution in [3.63, 3.8) is 0 Å². The predicted molar refractivity (Wildman–Crippen MR) is 85.0 cm³/mol. The zero-order valence-electron chi connectivity index (χ0n) is 12.5. The van der Waals surface area contributed by atoms with Crippen molar-refractivity contribution in [1.29, 1.82) is 0 Å². The van der Waals surface area contributed by atoms with Gasteiger partial charge in [0.1, 0.15) is 5.75 Å². The molecule has 3 rings (SSSR count). The molecule has 2 aromatic carbocycles. The van der Waals surface area contributed by atoms with Crippen LogP contribution in [-0.4, -0.2) is 22.4 Å². The van der Waals surface area contributed by atoms with Gasteiger partial charge in [0.15, 0.2) is 5.82 Å². The maximum absolute atomic E-state index is 12.3. The fourth-order valence-corrected chi connectivity index (χ4v) is 2.93. The Labute approximate surface area is 139 Å². The van der Waals surface area contributed by atoms with Crippen LogP contribution >= 0.6 is 11.5 Å². The van der Waals surface area contributed by atoms with Crippen molar-refractivity contribution < 1.29 is 17.9 Å². The van der Waals surface area contributed by atoms with Crippen LogP contribution in [0.15, 0.2) is 59.6 Å². The van der Waals surface area contributed by atoms with E-state index < -0.39 is 6.36 Å². The second-order valence-corrected chi connectivity index (χ2v) is 5.65. The van der Waals surface area contributed by atoms with Crippen LogP contribution in [0.4, 0.5) is 13.2 Å². The van der Waals surface area contributed by atoms with Gasteiger partial charge in [-0.05, 0) is 47.9 Å². The zero-order chi connectivity index (χ0) is 17.2. The molecule has 1 aromatic heterocycles. The lowest BCUT2D eigenvalue weighted by atomic mass is 10.2. The fourth-order valence-electron chi connectivity index (χ4n) is 2.10. The Balaban J connectivity index is 2.02. The smallest absolute Gasteiger partial charge is 0.406 e. The zero-order valence-corrected chi connectivity index (χ0v) is 13.3. The molecule has 0 bridgehead atoms. The minimum Gasteiger partial charge on any atom is -0.406 e. The van der Waals surface area contributed by atoms with E-state index in [4.69, 9.17) is 0 Å².